The van der Waals surface area contributed by atoms with Gasteiger partial charge in [0.25, 0.3) is 11.8 Å². The Balaban J connectivity index is 1.19. The molecule has 3 heterocycles. The number of carbonyl (C=O) groups excluding carboxylic acids is 2. The van der Waals surface area contributed by atoms with Crippen molar-refractivity contribution in [3.8, 4) is 5.75 Å². The highest BCUT2D eigenvalue weighted by molar-refractivity contribution is 7.99. The van der Waals surface area contributed by atoms with Crippen molar-refractivity contribution in [2.75, 3.05) is 12.9 Å². The summed E-state index contributed by atoms with van der Waals surface area (Å²) in [6.45, 7) is 0.721. The van der Waals surface area contributed by atoms with Gasteiger partial charge in [-0.25, -0.2) is 9.40 Å². The fraction of sp³-hybridized carbons (Fsp3) is 0.206. The third-order valence-electron chi connectivity index (χ3n) is 7.57. The van der Waals surface area contributed by atoms with Crippen LogP contribution in [0.5, 0.6) is 5.75 Å². The molecule has 5 aromatic rings. The molecule has 0 radical (unpaired) electrons. The first kappa shape index (κ1) is 31.2. The molecular weight excluding hydrogens is 624 g/mol. The zero-order valence-electron chi connectivity index (χ0n) is 25.0. The number of nitrogens with one attached hydrogen (secondary N) is 1. The smallest absolute Gasteiger partial charge is 0.253 e. The lowest BCUT2D eigenvalue weighted by atomic mass is 10.0. The van der Waals surface area contributed by atoms with Gasteiger partial charge < -0.3 is 14.6 Å². The lowest BCUT2D eigenvalue weighted by molar-refractivity contribution is -0.130. The van der Waals surface area contributed by atoms with Crippen LogP contribution in [0.25, 0.3) is 0 Å². The summed E-state index contributed by atoms with van der Waals surface area (Å²) in [4.78, 5) is 27.6. The molecule has 1 aliphatic rings. The second-order valence-corrected chi connectivity index (χ2v) is 12.4. The lowest BCUT2D eigenvalue weighted by Crippen LogP contribution is -2.28. The number of rotatable bonds is 12. The number of benzene rings is 3. The van der Waals surface area contributed by atoms with Crippen LogP contribution >= 0.6 is 23.1 Å². The molecule has 2 aromatic heterocycles. The zero-order chi connectivity index (χ0) is 31.9. The SMILES string of the molecule is COc1ccc(C(=O)NCc2nnc(SCC(=O)N3N=C(c4cccs4)C[C@@H]3c3ccc(F)cc3)n2CCc2ccccc2)cc1. The van der Waals surface area contributed by atoms with E-state index in [0.717, 1.165) is 21.7 Å². The average Bonchev–Trinajstić information content (AvgIpc) is 3.86. The number of hydrazone groups is 1. The van der Waals surface area contributed by atoms with Gasteiger partial charge in [-0.05, 0) is 65.4 Å². The standard InChI is InChI=1S/C34H31FN6O3S2/c1-44-27-15-11-25(12-16-27)33(43)36-21-31-37-38-34(40(31)18-17-23-6-3-2-4-7-23)46-22-32(42)41-29(24-9-13-26(35)14-10-24)20-28(39-41)30-8-5-19-45-30/h2-16,19,29H,17-18,20-22H2,1H3,(H,36,43)/t29-/m1/s1. The molecule has 1 N–H and O–H groups in total. The maximum Gasteiger partial charge on any atom is 0.253 e. The van der Waals surface area contributed by atoms with Crippen LogP contribution < -0.4 is 10.1 Å². The molecule has 3 aromatic carbocycles. The average molecular weight is 655 g/mol. The molecule has 46 heavy (non-hydrogen) atoms. The Hall–Kier alpha value is -4.81. The van der Waals surface area contributed by atoms with E-state index >= 15 is 0 Å². The summed E-state index contributed by atoms with van der Waals surface area (Å²) in [6.07, 6.45) is 1.25. The maximum absolute atomic E-state index is 13.7. The second kappa shape index (κ2) is 14.5. The molecule has 0 aliphatic carbocycles. The minimum Gasteiger partial charge on any atom is -0.497 e. The van der Waals surface area contributed by atoms with Gasteiger partial charge >= 0.3 is 0 Å². The lowest BCUT2D eigenvalue weighted by Gasteiger charge is -2.22. The zero-order valence-corrected chi connectivity index (χ0v) is 26.6. The number of hydrogen-bond donors (Lipinski definition) is 1. The van der Waals surface area contributed by atoms with E-state index in [2.05, 4.69) is 27.6 Å². The Labute approximate surface area is 274 Å². The van der Waals surface area contributed by atoms with Gasteiger partial charge in [0.2, 0.25) is 0 Å². The Morgan fingerprint density at radius 3 is 2.50 bits per heavy atom. The van der Waals surface area contributed by atoms with Crippen LogP contribution in [-0.4, -0.2) is 50.2 Å². The third-order valence-corrected chi connectivity index (χ3v) is 9.44. The largest absolute Gasteiger partial charge is 0.497 e. The number of hydrogen-bond acceptors (Lipinski definition) is 8. The van der Waals surface area contributed by atoms with Crippen molar-refractivity contribution < 1.29 is 18.7 Å². The van der Waals surface area contributed by atoms with E-state index in [0.29, 0.717) is 41.7 Å². The number of thiophene rings is 1. The summed E-state index contributed by atoms with van der Waals surface area (Å²) in [7, 11) is 1.57. The fourth-order valence-electron chi connectivity index (χ4n) is 5.14. The van der Waals surface area contributed by atoms with Crippen LogP contribution in [0.2, 0.25) is 0 Å². The van der Waals surface area contributed by atoms with Gasteiger partial charge in [0, 0.05) is 18.5 Å². The number of aromatic nitrogens is 3. The van der Waals surface area contributed by atoms with Crippen molar-refractivity contribution in [2.45, 2.75) is 37.1 Å². The first-order valence-corrected chi connectivity index (χ1v) is 16.5. The third kappa shape index (κ3) is 7.35. The maximum atomic E-state index is 13.7. The highest BCUT2D eigenvalue weighted by atomic mass is 32.2. The molecule has 0 saturated heterocycles. The minimum absolute atomic E-state index is 0.0700. The van der Waals surface area contributed by atoms with Gasteiger partial charge in [0.1, 0.15) is 11.6 Å². The number of thioether (sulfide) groups is 1. The van der Waals surface area contributed by atoms with Gasteiger partial charge in [0.05, 0.1) is 36.0 Å². The van der Waals surface area contributed by atoms with Crippen LogP contribution in [0.15, 0.2) is 107 Å². The molecule has 234 valence electrons. The van der Waals surface area contributed by atoms with Crippen molar-refractivity contribution in [1.29, 1.82) is 0 Å². The van der Waals surface area contributed by atoms with Gasteiger partial charge in [0.15, 0.2) is 11.0 Å². The number of halogens is 1. The quantitative estimate of drug-likeness (QED) is 0.163. The molecule has 1 aliphatic heterocycles. The Kier molecular flexibility index (Phi) is 9.85. The van der Waals surface area contributed by atoms with Gasteiger partial charge in [-0.15, -0.1) is 21.5 Å². The summed E-state index contributed by atoms with van der Waals surface area (Å²) in [5.74, 6) is 0.541. The summed E-state index contributed by atoms with van der Waals surface area (Å²) < 4.78 is 20.8. The predicted molar refractivity (Wildman–Crippen MR) is 177 cm³/mol. The van der Waals surface area contributed by atoms with E-state index in [-0.39, 0.29) is 36.0 Å². The molecule has 12 heteroatoms. The molecule has 0 unspecified atom stereocenters. The highest BCUT2D eigenvalue weighted by Gasteiger charge is 2.33. The van der Waals surface area contributed by atoms with Crippen LogP contribution in [0.4, 0.5) is 4.39 Å². The second-order valence-electron chi connectivity index (χ2n) is 10.5. The molecule has 2 amide bonds. The van der Waals surface area contributed by atoms with E-state index in [9.17, 15) is 14.0 Å². The number of methoxy groups -OCH3 is 1. The summed E-state index contributed by atoms with van der Waals surface area (Å²) in [6, 6.07) is 26.7. The van der Waals surface area contributed by atoms with Gasteiger partial charge in [-0.3, -0.25) is 9.59 Å². The van der Waals surface area contributed by atoms with Crippen molar-refractivity contribution in [2.24, 2.45) is 5.10 Å². The molecule has 0 fully saturated rings. The van der Waals surface area contributed by atoms with Gasteiger partial charge in [-0.2, -0.15) is 5.10 Å². The van der Waals surface area contributed by atoms with Crippen molar-refractivity contribution >= 4 is 40.6 Å². The van der Waals surface area contributed by atoms with E-state index < -0.39 is 0 Å². The van der Waals surface area contributed by atoms with Gasteiger partial charge in [-0.1, -0.05) is 60.3 Å². The monoisotopic (exact) mass is 654 g/mol. The van der Waals surface area contributed by atoms with E-state index in [1.807, 2.05) is 40.3 Å². The van der Waals surface area contributed by atoms with Crippen LogP contribution in [0, 0.1) is 5.82 Å². The number of amides is 2. The predicted octanol–water partition coefficient (Wildman–Crippen LogP) is 6.13. The summed E-state index contributed by atoms with van der Waals surface area (Å²) >= 11 is 2.84. The topological polar surface area (TPSA) is 102 Å². The van der Waals surface area contributed by atoms with Crippen molar-refractivity contribution in [3.05, 3.63) is 130 Å². The van der Waals surface area contributed by atoms with E-state index in [4.69, 9.17) is 9.84 Å². The van der Waals surface area contributed by atoms with Crippen LogP contribution in [0.1, 0.15) is 44.6 Å². The molecule has 1 atom stereocenters. The van der Waals surface area contributed by atoms with Crippen LogP contribution in [0.3, 0.4) is 0 Å². The van der Waals surface area contributed by atoms with E-state index in [1.54, 1.807) is 54.8 Å². The molecule has 0 spiro atoms. The Morgan fingerprint density at radius 1 is 1.00 bits per heavy atom. The molecule has 0 bridgehead atoms. The molecule has 0 saturated carbocycles. The Morgan fingerprint density at radius 2 is 1.78 bits per heavy atom. The van der Waals surface area contributed by atoms with Crippen molar-refractivity contribution in [3.63, 3.8) is 0 Å². The number of ether oxygens (including phenoxy) is 1. The molecule has 6 rings (SSSR count). The first-order valence-electron chi connectivity index (χ1n) is 14.7. The van der Waals surface area contributed by atoms with E-state index in [1.165, 1.54) is 28.9 Å². The first-order chi connectivity index (χ1) is 22.5. The highest BCUT2D eigenvalue weighted by Crippen LogP contribution is 2.35. The number of nitrogens with zero attached hydrogens (tertiary/aromatic N) is 5. The summed E-state index contributed by atoms with van der Waals surface area (Å²) in [5.41, 5.74) is 3.28. The normalized spacial score (nSPS) is 14.3. The number of aryl methyl sites for hydroxylation is 1. The number of carbonyl (C=O) groups is 2. The Bertz CT molecular complexity index is 1810. The fourth-order valence-corrected chi connectivity index (χ4v) is 6.70. The molecule has 9 nitrogen and oxygen atoms in total. The van der Waals surface area contributed by atoms with Crippen molar-refractivity contribution in [1.82, 2.24) is 25.1 Å². The van der Waals surface area contributed by atoms with Crippen LogP contribution in [-0.2, 0) is 24.3 Å². The summed E-state index contributed by atoms with van der Waals surface area (Å²) in [5, 5.41) is 20.5. The molecular formula is C34H31FN6O3S2. The minimum atomic E-state index is -0.342.